The Morgan fingerprint density at radius 1 is 1.77 bits per heavy atom. The summed E-state index contributed by atoms with van der Waals surface area (Å²) in [5.74, 6) is -0.831. The van der Waals surface area contributed by atoms with E-state index in [1.807, 2.05) is 0 Å². The van der Waals surface area contributed by atoms with Gasteiger partial charge >= 0.3 is 5.97 Å². The number of aliphatic carboxylic acids is 1. The van der Waals surface area contributed by atoms with Crippen molar-refractivity contribution in [1.82, 2.24) is 9.97 Å². The summed E-state index contributed by atoms with van der Waals surface area (Å²) in [6, 6.07) is -1.32. The minimum absolute atomic E-state index is 0.0434. The number of carboxylic acid groups (broad SMARTS) is 1. The summed E-state index contributed by atoms with van der Waals surface area (Å²) in [6.45, 7) is 1.59. The first-order chi connectivity index (χ1) is 6.02. The van der Waals surface area contributed by atoms with Gasteiger partial charge in [0.15, 0.2) is 0 Å². The van der Waals surface area contributed by atoms with Gasteiger partial charge in [0.1, 0.15) is 11.9 Å². The molecule has 6 heteroatoms. The minimum Gasteiger partial charge on any atom is -0.480 e. The summed E-state index contributed by atoms with van der Waals surface area (Å²) < 4.78 is 0. The molecule has 0 aliphatic carbocycles. The maximum absolute atomic E-state index is 11.1. The average molecular weight is 183 g/mol. The summed E-state index contributed by atoms with van der Waals surface area (Å²) in [5.41, 5.74) is 4.67. The number of rotatable bonds is 2. The van der Waals surface area contributed by atoms with E-state index >= 15 is 0 Å². The molecular formula is C7H9N3O3. The molecule has 1 heterocycles. The first-order valence-electron chi connectivity index (χ1n) is 3.56. The van der Waals surface area contributed by atoms with Crippen LogP contribution < -0.4 is 11.3 Å². The Morgan fingerprint density at radius 3 is 2.85 bits per heavy atom. The second-order valence-electron chi connectivity index (χ2n) is 2.57. The van der Waals surface area contributed by atoms with Crippen molar-refractivity contribution in [2.75, 3.05) is 0 Å². The van der Waals surface area contributed by atoms with Crippen molar-refractivity contribution >= 4 is 5.97 Å². The van der Waals surface area contributed by atoms with E-state index < -0.39 is 17.6 Å². The maximum Gasteiger partial charge on any atom is 0.325 e. The first-order valence-corrected chi connectivity index (χ1v) is 3.56. The summed E-state index contributed by atoms with van der Waals surface area (Å²) in [6.07, 6.45) is 1.17. The molecule has 0 aliphatic heterocycles. The molecule has 6 nitrogen and oxygen atoms in total. The molecule has 1 unspecified atom stereocenters. The van der Waals surface area contributed by atoms with Gasteiger partial charge in [0.25, 0.3) is 5.56 Å². The van der Waals surface area contributed by atoms with E-state index in [-0.39, 0.29) is 5.56 Å². The largest absolute Gasteiger partial charge is 0.480 e. The number of nitrogens with zero attached hydrogens (tertiary/aromatic N) is 1. The zero-order valence-electron chi connectivity index (χ0n) is 6.94. The summed E-state index contributed by atoms with van der Waals surface area (Å²) >= 11 is 0. The van der Waals surface area contributed by atoms with Crippen LogP contribution in [0.1, 0.15) is 17.4 Å². The fraction of sp³-hybridized carbons (Fsp3) is 0.286. The third kappa shape index (κ3) is 1.91. The smallest absolute Gasteiger partial charge is 0.325 e. The van der Waals surface area contributed by atoms with Crippen LogP contribution in [0.2, 0.25) is 0 Å². The van der Waals surface area contributed by atoms with Crippen molar-refractivity contribution in [2.24, 2.45) is 5.73 Å². The Hall–Kier alpha value is -1.69. The third-order valence-electron chi connectivity index (χ3n) is 1.56. The Kier molecular flexibility index (Phi) is 2.43. The lowest BCUT2D eigenvalue weighted by Gasteiger charge is -2.04. The molecule has 0 fully saturated rings. The van der Waals surface area contributed by atoms with Crippen molar-refractivity contribution in [2.45, 2.75) is 13.0 Å². The van der Waals surface area contributed by atoms with Gasteiger partial charge < -0.3 is 15.8 Å². The predicted octanol–water partition coefficient (Wildman–Crippen LogP) is -0.837. The Labute approximate surface area is 73.4 Å². The van der Waals surface area contributed by atoms with Gasteiger partial charge in [-0.2, -0.15) is 0 Å². The molecule has 1 aromatic rings. The van der Waals surface area contributed by atoms with Gasteiger partial charge in [-0.1, -0.05) is 0 Å². The normalized spacial score (nSPS) is 12.5. The van der Waals surface area contributed by atoms with Gasteiger partial charge in [-0.25, -0.2) is 4.98 Å². The number of aromatic amines is 1. The summed E-state index contributed by atoms with van der Waals surface area (Å²) in [4.78, 5) is 27.7. The van der Waals surface area contributed by atoms with Crippen LogP contribution in [-0.2, 0) is 4.79 Å². The summed E-state index contributed by atoms with van der Waals surface area (Å²) in [5, 5.41) is 8.52. The number of carboxylic acids is 1. The molecule has 0 aromatic carbocycles. The molecule has 4 N–H and O–H groups in total. The second-order valence-corrected chi connectivity index (χ2v) is 2.57. The van der Waals surface area contributed by atoms with E-state index in [9.17, 15) is 9.59 Å². The molecule has 1 atom stereocenters. The van der Waals surface area contributed by atoms with E-state index in [0.29, 0.717) is 5.82 Å². The molecule has 0 saturated heterocycles. The van der Waals surface area contributed by atoms with Gasteiger partial charge in [-0.15, -0.1) is 0 Å². The molecule has 1 rings (SSSR count). The highest BCUT2D eigenvalue weighted by atomic mass is 16.4. The highest BCUT2D eigenvalue weighted by molar-refractivity contribution is 5.74. The molecule has 0 amide bonds. The highest BCUT2D eigenvalue weighted by Gasteiger charge is 2.17. The van der Waals surface area contributed by atoms with Crippen molar-refractivity contribution in [3.05, 3.63) is 27.9 Å². The lowest BCUT2D eigenvalue weighted by molar-refractivity contribution is -0.138. The fourth-order valence-electron chi connectivity index (χ4n) is 0.848. The topological polar surface area (TPSA) is 109 Å². The number of aryl methyl sites for hydroxylation is 1. The summed E-state index contributed by atoms with van der Waals surface area (Å²) in [7, 11) is 0. The number of nitrogens with two attached hydrogens (primary N) is 1. The van der Waals surface area contributed by atoms with Crippen LogP contribution in [0.25, 0.3) is 0 Å². The monoisotopic (exact) mass is 183 g/mol. The lowest BCUT2D eigenvalue weighted by atomic mass is 10.2. The zero-order chi connectivity index (χ0) is 10.0. The van der Waals surface area contributed by atoms with E-state index in [4.69, 9.17) is 10.8 Å². The van der Waals surface area contributed by atoms with Gasteiger partial charge in [0.2, 0.25) is 0 Å². The van der Waals surface area contributed by atoms with Crippen molar-refractivity contribution in [3.63, 3.8) is 0 Å². The van der Waals surface area contributed by atoms with E-state index in [0.717, 1.165) is 0 Å². The van der Waals surface area contributed by atoms with E-state index in [1.54, 1.807) is 6.92 Å². The van der Waals surface area contributed by atoms with Crippen molar-refractivity contribution < 1.29 is 9.90 Å². The fourth-order valence-corrected chi connectivity index (χ4v) is 0.848. The van der Waals surface area contributed by atoms with Gasteiger partial charge in [-0.05, 0) is 6.92 Å². The van der Waals surface area contributed by atoms with Crippen LogP contribution in [0.3, 0.4) is 0 Å². The zero-order valence-corrected chi connectivity index (χ0v) is 6.94. The molecule has 0 spiro atoms. The standard InChI is InChI=1S/C7H9N3O3/c1-3-9-2-4(6(11)10-3)5(8)7(12)13/h2,5H,8H2,1H3,(H,12,13)(H,9,10,11). The van der Waals surface area contributed by atoms with Gasteiger partial charge in [0.05, 0.1) is 5.56 Å². The van der Waals surface area contributed by atoms with Crippen molar-refractivity contribution in [3.8, 4) is 0 Å². The predicted molar refractivity (Wildman–Crippen MR) is 44.2 cm³/mol. The molecule has 0 bridgehead atoms. The Bertz CT molecular complexity index is 385. The quantitative estimate of drug-likeness (QED) is 0.554. The lowest BCUT2D eigenvalue weighted by Crippen LogP contribution is -2.28. The van der Waals surface area contributed by atoms with Gasteiger partial charge in [-0.3, -0.25) is 9.59 Å². The molecule has 13 heavy (non-hydrogen) atoms. The van der Waals surface area contributed by atoms with Crippen LogP contribution in [0.15, 0.2) is 11.0 Å². The van der Waals surface area contributed by atoms with Crippen LogP contribution in [-0.4, -0.2) is 21.0 Å². The number of carbonyl (C=O) groups is 1. The number of nitrogens with one attached hydrogen (secondary N) is 1. The molecule has 0 saturated carbocycles. The minimum atomic E-state index is -1.32. The third-order valence-corrected chi connectivity index (χ3v) is 1.56. The SMILES string of the molecule is Cc1ncc(C(N)C(=O)O)c(=O)[nH]1. The van der Waals surface area contributed by atoms with Crippen LogP contribution in [0.5, 0.6) is 0 Å². The Morgan fingerprint density at radius 2 is 2.38 bits per heavy atom. The van der Waals surface area contributed by atoms with Gasteiger partial charge in [0, 0.05) is 6.20 Å². The van der Waals surface area contributed by atoms with E-state index in [1.165, 1.54) is 6.20 Å². The van der Waals surface area contributed by atoms with Crippen molar-refractivity contribution in [1.29, 1.82) is 0 Å². The molecule has 1 aromatic heterocycles. The van der Waals surface area contributed by atoms with Crippen LogP contribution in [0, 0.1) is 6.92 Å². The number of hydrogen-bond acceptors (Lipinski definition) is 4. The van der Waals surface area contributed by atoms with Crippen LogP contribution in [0.4, 0.5) is 0 Å². The maximum atomic E-state index is 11.1. The number of aromatic nitrogens is 2. The number of H-pyrrole nitrogens is 1. The molecular weight excluding hydrogens is 174 g/mol. The molecule has 0 aliphatic rings. The highest BCUT2D eigenvalue weighted by Crippen LogP contribution is 2.01. The molecule has 0 radical (unpaired) electrons. The average Bonchev–Trinajstić information content (AvgIpc) is 2.03. The molecule has 70 valence electrons. The first kappa shape index (κ1) is 9.40. The second kappa shape index (κ2) is 3.36. The number of hydrogen-bond donors (Lipinski definition) is 3. The Balaban J connectivity index is 3.16. The van der Waals surface area contributed by atoms with E-state index in [2.05, 4.69) is 9.97 Å². The van der Waals surface area contributed by atoms with Crippen LogP contribution >= 0.6 is 0 Å².